The quantitative estimate of drug-likeness (QED) is 0.812. The average molecular weight is 311 g/mol. The number of benzene rings is 1. The second kappa shape index (κ2) is 5.27. The highest BCUT2D eigenvalue weighted by atomic mass is 16.5. The summed E-state index contributed by atoms with van der Waals surface area (Å²) in [4.78, 5) is 23.9. The Morgan fingerprint density at radius 3 is 2.87 bits per heavy atom. The van der Waals surface area contributed by atoms with Gasteiger partial charge in [0.25, 0.3) is 5.91 Å². The first kappa shape index (κ1) is 14.6. The molecule has 2 aliphatic rings. The molecule has 23 heavy (non-hydrogen) atoms. The minimum absolute atomic E-state index is 0.0310. The second-order valence-electron chi connectivity index (χ2n) is 7.09. The molecule has 5 nitrogen and oxygen atoms in total. The summed E-state index contributed by atoms with van der Waals surface area (Å²) < 4.78 is 6.15. The number of hydrogen-bond acceptors (Lipinski definition) is 4. The van der Waals surface area contributed by atoms with Crippen molar-refractivity contribution in [3.63, 3.8) is 0 Å². The molecule has 1 aliphatic heterocycles. The van der Waals surface area contributed by atoms with Gasteiger partial charge in [-0.15, -0.1) is 0 Å². The number of rotatable bonds is 1. The van der Waals surface area contributed by atoms with Crippen LogP contribution in [0.25, 0.3) is 11.0 Å². The highest BCUT2D eigenvalue weighted by Gasteiger charge is 2.45. The number of aromatic nitrogens is 2. The Hall–Kier alpha value is -2.01. The molecule has 1 saturated carbocycles. The zero-order valence-electron chi connectivity index (χ0n) is 13.5. The van der Waals surface area contributed by atoms with Gasteiger partial charge >= 0.3 is 0 Å². The van der Waals surface area contributed by atoms with Crippen molar-refractivity contribution in [2.75, 3.05) is 6.54 Å². The van der Waals surface area contributed by atoms with Crippen molar-refractivity contribution in [2.45, 2.75) is 50.9 Å². The average Bonchev–Trinajstić information content (AvgIpc) is 2.99. The maximum atomic E-state index is 13.0. The molecule has 1 aromatic heterocycles. The number of amides is 1. The van der Waals surface area contributed by atoms with Crippen LogP contribution in [0.5, 0.6) is 0 Å². The summed E-state index contributed by atoms with van der Waals surface area (Å²) in [7, 11) is 0. The zero-order chi connectivity index (χ0) is 16.0. The van der Waals surface area contributed by atoms with E-state index in [1.807, 2.05) is 43.0 Å². The van der Waals surface area contributed by atoms with E-state index in [-0.39, 0.29) is 23.7 Å². The highest BCUT2D eigenvalue weighted by Crippen LogP contribution is 2.36. The molecule has 1 aromatic carbocycles. The van der Waals surface area contributed by atoms with Gasteiger partial charge < -0.3 is 9.64 Å². The molecule has 2 aromatic rings. The summed E-state index contributed by atoms with van der Waals surface area (Å²) in [6.07, 6.45) is 4.89. The van der Waals surface area contributed by atoms with Crippen LogP contribution >= 0.6 is 0 Å². The lowest BCUT2D eigenvalue weighted by Gasteiger charge is -2.45. The number of carbonyl (C=O) groups is 1. The first-order valence-electron chi connectivity index (χ1n) is 8.24. The number of morpholine rings is 1. The van der Waals surface area contributed by atoms with Crippen LogP contribution in [0.2, 0.25) is 0 Å². The molecule has 0 radical (unpaired) electrons. The maximum absolute atomic E-state index is 13.0. The van der Waals surface area contributed by atoms with Crippen LogP contribution in [-0.4, -0.2) is 45.1 Å². The summed E-state index contributed by atoms with van der Waals surface area (Å²) >= 11 is 0. The van der Waals surface area contributed by atoms with Crippen LogP contribution in [0.3, 0.4) is 0 Å². The van der Waals surface area contributed by atoms with Gasteiger partial charge in [0, 0.05) is 6.54 Å². The van der Waals surface area contributed by atoms with Crippen molar-refractivity contribution in [3.05, 3.63) is 36.2 Å². The SMILES string of the molecule is CC1(C)CN(C(=O)c2cnc3ccccc3n2)[C@@H]2CCC[C@H]2O1. The van der Waals surface area contributed by atoms with E-state index >= 15 is 0 Å². The van der Waals surface area contributed by atoms with Gasteiger partial charge in [0.2, 0.25) is 0 Å². The van der Waals surface area contributed by atoms with E-state index in [0.717, 1.165) is 30.3 Å². The molecule has 4 rings (SSSR count). The van der Waals surface area contributed by atoms with Crippen molar-refractivity contribution < 1.29 is 9.53 Å². The number of nitrogens with zero attached hydrogens (tertiary/aromatic N) is 3. The largest absolute Gasteiger partial charge is 0.368 e. The van der Waals surface area contributed by atoms with Crippen molar-refractivity contribution in [3.8, 4) is 0 Å². The summed E-state index contributed by atoms with van der Waals surface area (Å²) in [6.45, 7) is 4.70. The molecule has 120 valence electrons. The van der Waals surface area contributed by atoms with Gasteiger partial charge in [-0.1, -0.05) is 12.1 Å². The van der Waals surface area contributed by atoms with Gasteiger partial charge in [-0.25, -0.2) is 4.98 Å². The molecule has 0 unspecified atom stereocenters. The van der Waals surface area contributed by atoms with E-state index in [1.54, 1.807) is 6.20 Å². The van der Waals surface area contributed by atoms with E-state index in [2.05, 4.69) is 9.97 Å². The van der Waals surface area contributed by atoms with Gasteiger partial charge in [0.1, 0.15) is 5.69 Å². The summed E-state index contributed by atoms with van der Waals surface area (Å²) in [5.74, 6) is -0.0310. The molecule has 2 heterocycles. The normalized spacial score (nSPS) is 26.3. The predicted molar refractivity (Wildman–Crippen MR) is 87.2 cm³/mol. The molecule has 2 atom stereocenters. The van der Waals surface area contributed by atoms with Gasteiger partial charge in [0.15, 0.2) is 0 Å². The fourth-order valence-electron chi connectivity index (χ4n) is 3.80. The lowest BCUT2D eigenvalue weighted by atomic mass is 10.0. The van der Waals surface area contributed by atoms with Crippen molar-refractivity contribution in [1.82, 2.24) is 14.9 Å². The predicted octanol–water partition coefficient (Wildman–Crippen LogP) is 2.80. The van der Waals surface area contributed by atoms with Crippen LogP contribution in [0.15, 0.2) is 30.5 Å². The Balaban J connectivity index is 1.68. The molecule has 0 N–H and O–H groups in total. The highest BCUT2D eigenvalue weighted by molar-refractivity contribution is 5.94. The molecule has 5 heteroatoms. The van der Waals surface area contributed by atoms with Gasteiger partial charge in [-0.3, -0.25) is 9.78 Å². The van der Waals surface area contributed by atoms with E-state index in [0.29, 0.717) is 12.2 Å². The lowest BCUT2D eigenvalue weighted by Crippen LogP contribution is -2.58. The topological polar surface area (TPSA) is 55.3 Å². The fraction of sp³-hybridized carbons (Fsp3) is 0.500. The van der Waals surface area contributed by atoms with Crippen molar-refractivity contribution in [2.24, 2.45) is 0 Å². The van der Waals surface area contributed by atoms with Gasteiger partial charge in [0.05, 0.1) is 35.0 Å². The molecule has 1 aliphatic carbocycles. The van der Waals surface area contributed by atoms with E-state index in [4.69, 9.17) is 4.74 Å². The standard InChI is InChI=1S/C18H21N3O2/c1-18(2)11-21(15-8-5-9-16(15)23-18)17(22)14-10-19-12-6-3-4-7-13(12)20-14/h3-4,6-7,10,15-16H,5,8-9,11H2,1-2H3/t15-,16-/m1/s1. The van der Waals surface area contributed by atoms with Crippen LogP contribution < -0.4 is 0 Å². The smallest absolute Gasteiger partial charge is 0.274 e. The number of carbonyl (C=O) groups excluding carboxylic acids is 1. The van der Waals surface area contributed by atoms with Gasteiger partial charge in [-0.2, -0.15) is 0 Å². The van der Waals surface area contributed by atoms with Crippen LogP contribution in [0, 0.1) is 0 Å². The van der Waals surface area contributed by atoms with Gasteiger partial charge in [-0.05, 0) is 45.2 Å². The third kappa shape index (κ3) is 2.59. The second-order valence-corrected chi connectivity index (χ2v) is 7.09. The first-order chi connectivity index (χ1) is 11.0. The molecule has 0 spiro atoms. The first-order valence-corrected chi connectivity index (χ1v) is 8.24. The molecule has 0 bridgehead atoms. The van der Waals surface area contributed by atoms with Crippen LogP contribution in [0.4, 0.5) is 0 Å². The molecule has 2 fully saturated rings. The third-order valence-electron chi connectivity index (χ3n) is 4.77. The molecular formula is C18H21N3O2. The Labute approximate surface area is 135 Å². The number of hydrogen-bond donors (Lipinski definition) is 0. The van der Waals surface area contributed by atoms with Crippen molar-refractivity contribution in [1.29, 1.82) is 0 Å². The Bertz CT molecular complexity index is 759. The Morgan fingerprint density at radius 2 is 2.04 bits per heavy atom. The number of ether oxygens (including phenoxy) is 1. The Kier molecular flexibility index (Phi) is 3.34. The Morgan fingerprint density at radius 1 is 1.26 bits per heavy atom. The number of fused-ring (bicyclic) bond motifs is 2. The minimum Gasteiger partial charge on any atom is -0.368 e. The van der Waals surface area contributed by atoms with E-state index < -0.39 is 0 Å². The molecular weight excluding hydrogens is 290 g/mol. The summed E-state index contributed by atoms with van der Waals surface area (Å²) in [5.41, 5.74) is 1.68. The fourth-order valence-corrected chi connectivity index (χ4v) is 3.80. The minimum atomic E-state index is -0.314. The molecule has 1 amide bonds. The lowest BCUT2D eigenvalue weighted by molar-refractivity contribution is -0.142. The maximum Gasteiger partial charge on any atom is 0.274 e. The molecule has 1 saturated heterocycles. The van der Waals surface area contributed by atoms with E-state index in [9.17, 15) is 4.79 Å². The zero-order valence-corrected chi connectivity index (χ0v) is 13.5. The van der Waals surface area contributed by atoms with Crippen LogP contribution in [-0.2, 0) is 4.74 Å². The third-order valence-corrected chi connectivity index (χ3v) is 4.77. The summed E-state index contributed by atoms with van der Waals surface area (Å²) in [6, 6.07) is 7.80. The summed E-state index contributed by atoms with van der Waals surface area (Å²) in [5, 5.41) is 0. The van der Waals surface area contributed by atoms with E-state index in [1.165, 1.54) is 0 Å². The number of para-hydroxylation sites is 2. The monoisotopic (exact) mass is 311 g/mol. The van der Waals surface area contributed by atoms with Crippen molar-refractivity contribution >= 4 is 16.9 Å². The van der Waals surface area contributed by atoms with Crippen LogP contribution in [0.1, 0.15) is 43.6 Å².